The maximum atomic E-state index is 11.7. The highest BCUT2D eigenvalue weighted by molar-refractivity contribution is 5.85. The summed E-state index contributed by atoms with van der Waals surface area (Å²) in [6.45, 7) is 4.04. The summed E-state index contributed by atoms with van der Waals surface area (Å²) < 4.78 is 6.74. The highest BCUT2D eigenvalue weighted by atomic mass is 16.5. The molecule has 0 radical (unpaired) electrons. The average Bonchev–Trinajstić information content (AvgIpc) is 2.80. The van der Waals surface area contributed by atoms with E-state index in [1.807, 2.05) is 6.92 Å². The minimum atomic E-state index is -1.02. The van der Waals surface area contributed by atoms with Crippen LogP contribution in [0.2, 0.25) is 0 Å². The van der Waals surface area contributed by atoms with Gasteiger partial charge in [0.1, 0.15) is 6.04 Å². The van der Waals surface area contributed by atoms with Crippen molar-refractivity contribution in [3.05, 3.63) is 30.1 Å². The molecule has 0 amide bonds. The Bertz CT molecular complexity index is 448. The SMILES string of the molecule is CCCOC(=O)C(C)n1cccc1/C=C/C(=O)O. The first kappa shape index (κ1) is 14.0. The molecule has 1 unspecified atom stereocenters. The second kappa shape index (κ2) is 6.64. The number of nitrogens with zero attached hydrogens (tertiary/aromatic N) is 1. The predicted molar refractivity (Wildman–Crippen MR) is 67.1 cm³/mol. The Balaban J connectivity index is 2.80. The first-order valence-corrected chi connectivity index (χ1v) is 5.80. The number of carbonyl (C=O) groups excluding carboxylic acids is 1. The molecule has 0 fully saturated rings. The van der Waals surface area contributed by atoms with Gasteiger partial charge in [-0.25, -0.2) is 9.59 Å². The third kappa shape index (κ3) is 3.76. The summed E-state index contributed by atoms with van der Waals surface area (Å²) in [5.41, 5.74) is 0.651. The van der Waals surface area contributed by atoms with Crippen molar-refractivity contribution >= 4 is 18.0 Å². The van der Waals surface area contributed by atoms with E-state index in [-0.39, 0.29) is 5.97 Å². The first-order chi connectivity index (χ1) is 8.56. The van der Waals surface area contributed by atoms with Crippen molar-refractivity contribution in [2.45, 2.75) is 26.3 Å². The molecule has 1 atom stereocenters. The third-order valence-electron chi connectivity index (χ3n) is 2.42. The number of ether oxygens (including phenoxy) is 1. The van der Waals surface area contributed by atoms with E-state index in [2.05, 4.69) is 0 Å². The monoisotopic (exact) mass is 251 g/mol. The molecule has 1 aromatic rings. The lowest BCUT2D eigenvalue weighted by atomic mass is 10.3. The Kier molecular flexibility index (Phi) is 5.17. The van der Waals surface area contributed by atoms with Gasteiger partial charge in [0, 0.05) is 18.0 Å². The van der Waals surface area contributed by atoms with Gasteiger partial charge in [-0.15, -0.1) is 0 Å². The van der Waals surface area contributed by atoms with E-state index >= 15 is 0 Å². The molecular weight excluding hydrogens is 234 g/mol. The Morgan fingerprint density at radius 3 is 2.89 bits per heavy atom. The second-order valence-corrected chi connectivity index (χ2v) is 3.86. The molecule has 0 saturated heterocycles. The van der Waals surface area contributed by atoms with Crippen LogP contribution in [0, 0.1) is 0 Å². The summed E-state index contributed by atoms with van der Waals surface area (Å²) >= 11 is 0. The number of hydrogen-bond donors (Lipinski definition) is 1. The molecule has 1 aromatic heterocycles. The van der Waals surface area contributed by atoms with Gasteiger partial charge in [-0.2, -0.15) is 0 Å². The van der Waals surface area contributed by atoms with Crippen LogP contribution >= 0.6 is 0 Å². The summed E-state index contributed by atoms with van der Waals surface area (Å²) in [6, 6.07) is 3.02. The van der Waals surface area contributed by atoms with Crippen LogP contribution < -0.4 is 0 Å². The molecule has 0 saturated carbocycles. The molecule has 1 heterocycles. The van der Waals surface area contributed by atoms with Gasteiger partial charge in [0.15, 0.2) is 0 Å². The van der Waals surface area contributed by atoms with E-state index in [0.29, 0.717) is 12.3 Å². The zero-order chi connectivity index (χ0) is 13.5. The van der Waals surface area contributed by atoms with Crippen LogP contribution in [0.3, 0.4) is 0 Å². The van der Waals surface area contributed by atoms with E-state index in [4.69, 9.17) is 9.84 Å². The lowest BCUT2D eigenvalue weighted by molar-refractivity contribution is -0.147. The van der Waals surface area contributed by atoms with E-state index in [9.17, 15) is 9.59 Å². The van der Waals surface area contributed by atoms with Gasteiger partial charge in [-0.05, 0) is 31.6 Å². The van der Waals surface area contributed by atoms with Gasteiger partial charge >= 0.3 is 11.9 Å². The lowest BCUT2D eigenvalue weighted by Crippen LogP contribution is -2.19. The number of carboxylic acids is 1. The van der Waals surface area contributed by atoms with Crippen molar-refractivity contribution in [2.75, 3.05) is 6.61 Å². The fraction of sp³-hybridized carbons (Fsp3) is 0.385. The highest BCUT2D eigenvalue weighted by Gasteiger charge is 2.17. The maximum absolute atomic E-state index is 11.7. The second-order valence-electron chi connectivity index (χ2n) is 3.86. The van der Waals surface area contributed by atoms with E-state index in [1.165, 1.54) is 6.08 Å². The molecule has 1 N–H and O–H groups in total. The van der Waals surface area contributed by atoms with Crippen LogP contribution in [-0.4, -0.2) is 28.2 Å². The number of carboxylic acid groups (broad SMARTS) is 1. The molecule has 0 aromatic carbocycles. The fourth-order valence-corrected chi connectivity index (χ4v) is 1.49. The Morgan fingerprint density at radius 2 is 2.28 bits per heavy atom. The summed E-state index contributed by atoms with van der Waals surface area (Å²) in [5.74, 6) is -1.35. The molecule has 0 aliphatic heterocycles. The molecule has 18 heavy (non-hydrogen) atoms. The zero-order valence-corrected chi connectivity index (χ0v) is 10.5. The standard InChI is InChI=1S/C13H17NO4/c1-3-9-18-13(17)10(2)14-8-4-5-11(14)6-7-12(15)16/h4-8,10H,3,9H2,1-2H3,(H,15,16)/b7-6+. The van der Waals surface area contributed by atoms with Crippen LogP contribution in [0.1, 0.15) is 32.0 Å². The molecule has 98 valence electrons. The zero-order valence-electron chi connectivity index (χ0n) is 10.5. The highest BCUT2D eigenvalue weighted by Crippen LogP contribution is 2.14. The number of aromatic nitrogens is 1. The lowest BCUT2D eigenvalue weighted by Gasteiger charge is -2.14. The Morgan fingerprint density at radius 1 is 1.56 bits per heavy atom. The molecule has 5 heteroatoms. The molecular formula is C13H17NO4. The van der Waals surface area contributed by atoms with Crippen molar-refractivity contribution in [3.8, 4) is 0 Å². The van der Waals surface area contributed by atoms with Gasteiger partial charge < -0.3 is 14.4 Å². The minimum Gasteiger partial charge on any atom is -0.478 e. The first-order valence-electron chi connectivity index (χ1n) is 5.80. The van der Waals surface area contributed by atoms with Crippen molar-refractivity contribution in [3.63, 3.8) is 0 Å². The summed E-state index contributed by atoms with van der Waals surface area (Å²) in [4.78, 5) is 22.2. The number of aliphatic carboxylic acids is 1. The summed E-state index contributed by atoms with van der Waals surface area (Å²) in [7, 11) is 0. The molecule has 0 spiro atoms. The van der Waals surface area contributed by atoms with Crippen molar-refractivity contribution in [1.82, 2.24) is 4.57 Å². The molecule has 1 rings (SSSR count). The van der Waals surface area contributed by atoms with Crippen LogP contribution in [-0.2, 0) is 14.3 Å². The van der Waals surface area contributed by atoms with Crippen LogP contribution in [0.4, 0.5) is 0 Å². The smallest absolute Gasteiger partial charge is 0.328 e. The van der Waals surface area contributed by atoms with Crippen LogP contribution in [0.5, 0.6) is 0 Å². The fourth-order valence-electron chi connectivity index (χ4n) is 1.49. The summed E-state index contributed by atoms with van der Waals surface area (Å²) in [6.07, 6.45) is 4.98. The van der Waals surface area contributed by atoms with Crippen LogP contribution in [0.15, 0.2) is 24.4 Å². The van der Waals surface area contributed by atoms with Crippen LogP contribution in [0.25, 0.3) is 6.08 Å². The van der Waals surface area contributed by atoms with Gasteiger partial charge in [0.2, 0.25) is 0 Å². The molecule has 0 aliphatic carbocycles. The summed E-state index contributed by atoms with van der Waals surface area (Å²) in [5, 5.41) is 8.58. The van der Waals surface area contributed by atoms with E-state index < -0.39 is 12.0 Å². The predicted octanol–water partition coefficient (Wildman–Crippen LogP) is 2.10. The number of carbonyl (C=O) groups is 2. The van der Waals surface area contributed by atoms with Gasteiger partial charge in [-0.1, -0.05) is 6.92 Å². The van der Waals surface area contributed by atoms with Gasteiger partial charge in [0.05, 0.1) is 6.61 Å². The number of esters is 1. The normalized spacial score (nSPS) is 12.6. The van der Waals surface area contributed by atoms with E-state index in [0.717, 1.165) is 12.5 Å². The number of hydrogen-bond acceptors (Lipinski definition) is 3. The van der Waals surface area contributed by atoms with Crippen molar-refractivity contribution in [1.29, 1.82) is 0 Å². The molecule has 5 nitrogen and oxygen atoms in total. The quantitative estimate of drug-likeness (QED) is 0.621. The van der Waals surface area contributed by atoms with Gasteiger partial charge in [-0.3, -0.25) is 0 Å². The Labute approximate surface area is 106 Å². The number of rotatable bonds is 6. The largest absolute Gasteiger partial charge is 0.478 e. The maximum Gasteiger partial charge on any atom is 0.328 e. The molecule has 0 aliphatic rings. The minimum absolute atomic E-state index is 0.321. The van der Waals surface area contributed by atoms with Crippen molar-refractivity contribution in [2.24, 2.45) is 0 Å². The average molecular weight is 251 g/mol. The topological polar surface area (TPSA) is 68.5 Å². The third-order valence-corrected chi connectivity index (χ3v) is 2.42. The molecule has 0 bridgehead atoms. The Hall–Kier alpha value is -2.04. The van der Waals surface area contributed by atoms with E-state index in [1.54, 1.807) is 29.8 Å². The van der Waals surface area contributed by atoms with Crippen molar-refractivity contribution < 1.29 is 19.4 Å². The van der Waals surface area contributed by atoms with Gasteiger partial charge in [0.25, 0.3) is 0 Å².